The smallest absolute Gasteiger partial charge is 0.328 e. The molecule has 0 saturated carbocycles. The van der Waals surface area contributed by atoms with Crippen molar-refractivity contribution in [2.45, 2.75) is 0 Å². The number of hydrogen-bond acceptors (Lipinski definition) is 4. The first-order chi connectivity index (χ1) is 10.7. The maximum atomic E-state index is 12.3. The van der Waals surface area contributed by atoms with E-state index in [-0.39, 0.29) is 12.1 Å². The molecule has 1 aromatic carbocycles. The van der Waals surface area contributed by atoms with Gasteiger partial charge in [-0.1, -0.05) is 6.07 Å². The largest absolute Gasteiger partial charge is 0.497 e. The van der Waals surface area contributed by atoms with Crippen LogP contribution in [-0.2, 0) is 0 Å². The number of benzene rings is 1. The Kier molecular flexibility index (Phi) is 4.04. The number of carbonyl (C=O) groups is 2. The number of carbonyl (C=O) groups excluding carboxylic acids is 2. The molecule has 0 aromatic heterocycles. The average Bonchev–Trinajstić information content (AvgIpc) is 3.00. The Bertz CT molecular complexity index is 570. The van der Waals surface area contributed by atoms with Crippen LogP contribution in [0.4, 0.5) is 15.3 Å². The van der Waals surface area contributed by atoms with Gasteiger partial charge in [0.25, 0.3) is 0 Å². The van der Waals surface area contributed by atoms with Crippen LogP contribution in [0.15, 0.2) is 24.3 Å². The van der Waals surface area contributed by atoms with Gasteiger partial charge in [-0.25, -0.2) is 14.5 Å². The third-order valence-corrected chi connectivity index (χ3v) is 4.06. The lowest BCUT2D eigenvalue weighted by Gasteiger charge is -2.37. The summed E-state index contributed by atoms with van der Waals surface area (Å²) in [7, 11) is 1.65. The molecule has 0 atom stereocenters. The molecule has 0 radical (unpaired) electrons. The van der Waals surface area contributed by atoms with Crippen LogP contribution in [0, 0.1) is 0 Å². The summed E-state index contributed by atoms with van der Waals surface area (Å²) in [5.74, 6) is 0.824. The standard InChI is InChI=1S/C15H20N4O3/c1-22-13-4-2-3-12(11-13)17-7-9-18(10-8-17)15(21)19-6-5-16-14(19)20/h2-4,11H,5-10H2,1H3,(H,16,20). The maximum absolute atomic E-state index is 12.3. The molecule has 22 heavy (non-hydrogen) atoms. The fraction of sp³-hybridized carbons (Fsp3) is 0.467. The molecule has 0 aliphatic carbocycles. The number of ether oxygens (including phenoxy) is 1. The molecule has 3 rings (SSSR count). The highest BCUT2D eigenvalue weighted by Crippen LogP contribution is 2.22. The summed E-state index contributed by atoms with van der Waals surface area (Å²) in [4.78, 5) is 29.1. The molecule has 0 unspecified atom stereocenters. The molecule has 7 heteroatoms. The Hall–Kier alpha value is -2.44. The molecule has 0 spiro atoms. The molecule has 1 N–H and O–H groups in total. The van der Waals surface area contributed by atoms with Crippen LogP contribution < -0.4 is 15.0 Å². The SMILES string of the molecule is COc1cccc(N2CCN(C(=O)N3CCNC3=O)CC2)c1. The van der Waals surface area contributed by atoms with Gasteiger partial charge >= 0.3 is 12.1 Å². The number of hydrogen-bond donors (Lipinski definition) is 1. The zero-order valence-electron chi connectivity index (χ0n) is 12.6. The number of rotatable bonds is 2. The molecule has 7 nitrogen and oxygen atoms in total. The molecule has 2 aliphatic heterocycles. The molecule has 1 aromatic rings. The normalized spacial score (nSPS) is 18.4. The van der Waals surface area contributed by atoms with E-state index in [9.17, 15) is 9.59 Å². The lowest BCUT2D eigenvalue weighted by molar-refractivity contribution is 0.161. The molecule has 118 valence electrons. The van der Waals surface area contributed by atoms with Crippen molar-refractivity contribution in [3.05, 3.63) is 24.3 Å². The van der Waals surface area contributed by atoms with E-state index in [0.717, 1.165) is 24.5 Å². The van der Waals surface area contributed by atoms with E-state index < -0.39 is 0 Å². The van der Waals surface area contributed by atoms with E-state index in [1.54, 1.807) is 12.0 Å². The average molecular weight is 304 g/mol. The first kappa shape index (κ1) is 14.5. The summed E-state index contributed by atoms with van der Waals surface area (Å²) in [6.07, 6.45) is 0. The van der Waals surface area contributed by atoms with Crippen molar-refractivity contribution in [3.8, 4) is 5.75 Å². The third kappa shape index (κ3) is 2.79. The minimum atomic E-state index is -0.291. The molecule has 2 aliphatic rings. The van der Waals surface area contributed by atoms with Crippen molar-refractivity contribution in [3.63, 3.8) is 0 Å². The molecule has 2 heterocycles. The molecule has 2 fully saturated rings. The summed E-state index contributed by atoms with van der Waals surface area (Å²) < 4.78 is 5.24. The maximum Gasteiger partial charge on any atom is 0.328 e. The highest BCUT2D eigenvalue weighted by Gasteiger charge is 2.31. The van der Waals surface area contributed by atoms with Crippen molar-refractivity contribution in [2.24, 2.45) is 0 Å². The van der Waals surface area contributed by atoms with E-state index in [0.29, 0.717) is 26.2 Å². The van der Waals surface area contributed by atoms with Crippen LogP contribution in [-0.4, -0.2) is 68.2 Å². The van der Waals surface area contributed by atoms with Crippen LogP contribution in [0.1, 0.15) is 0 Å². The molecule has 2 saturated heterocycles. The van der Waals surface area contributed by atoms with Crippen LogP contribution in [0.3, 0.4) is 0 Å². The highest BCUT2D eigenvalue weighted by atomic mass is 16.5. The predicted octanol–water partition coefficient (Wildman–Crippen LogP) is 0.962. The van der Waals surface area contributed by atoms with Gasteiger partial charge in [0.1, 0.15) is 5.75 Å². The van der Waals surface area contributed by atoms with Crippen LogP contribution >= 0.6 is 0 Å². The number of nitrogens with zero attached hydrogens (tertiary/aromatic N) is 3. The van der Waals surface area contributed by atoms with Crippen molar-refractivity contribution in [1.29, 1.82) is 0 Å². The number of urea groups is 2. The second-order valence-corrected chi connectivity index (χ2v) is 5.34. The van der Waals surface area contributed by atoms with Crippen LogP contribution in [0.2, 0.25) is 0 Å². The Labute approximate surface area is 129 Å². The summed E-state index contributed by atoms with van der Waals surface area (Å²) in [6.45, 7) is 3.70. The van der Waals surface area contributed by atoms with E-state index in [1.807, 2.05) is 24.3 Å². The first-order valence-corrected chi connectivity index (χ1v) is 7.42. The molecule has 4 amide bonds. The Morgan fingerprint density at radius 1 is 1.18 bits per heavy atom. The van der Waals surface area contributed by atoms with Crippen molar-refractivity contribution < 1.29 is 14.3 Å². The summed E-state index contributed by atoms with van der Waals surface area (Å²) >= 11 is 0. The molecular weight excluding hydrogens is 284 g/mol. The number of nitrogens with one attached hydrogen (secondary N) is 1. The summed E-state index contributed by atoms with van der Waals surface area (Å²) in [5.41, 5.74) is 1.09. The van der Waals surface area contributed by atoms with Crippen molar-refractivity contribution in [1.82, 2.24) is 15.1 Å². The van der Waals surface area contributed by atoms with E-state index in [2.05, 4.69) is 10.2 Å². The number of anilines is 1. The van der Waals surface area contributed by atoms with Gasteiger partial charge in [0.2, 0.25) is 0 Å². The first-order valence-electron chi connectivity index (χ1n) is 7.42. The van der Waals surface area contributed by atoms with Gasteiger partial charge < -0.3 is 19.9 Å². The second kappa shape index (κ2) is 6.13. The lowest BCUT2D eigenvalue weighted by Crippen LogP contribution is -2.53. The Morgan fingerprint density at radius 3 is 2.59 bits per heavy atom. The van der Waals surface area contributed by atoms with Crippen molar-refractivity contribution >= 4 is 17.7 Å². The molecular formula is C15H20N4O3. The minimum absolute atomic E-state index is 0.194. The Morgan fingerprint density at radius 2 is 1.95 bits per heavy atom. The van der Waals surface area contributed by atoms with Crippen LogP contribution in [0.5, 0.6) is 5.75 Å². The number of piperazine rings is 1. The van der Waals surface area contributed by atoms with Gasteiger partial charge in [0, 0.05) is 51.0 Å². The van der Waals surface area contributed by atoms with E-state index in [1.165, 1.54) is 4.90 Å². The minimum Gasteiger partial charge on any atom is -0.497 e. The topological polar surface area (TPSA) is 65.1 Å². The zero-order chi connectivity index (χ0) is 15.5. The molecule has 0 bridgehead atoms. The lowest BCUT2D eigenvalue weighted by atomic mass is 10.2. The van der Waals surface area contributed by atoms with Gasteiger partial charge in [-0.2, -0.15) is 0 Å². The van der Waals surface area contributed by atoms with Gasteiger partial charge in [-0.05, 0) is 12.1 Å². The van der Waals surface area contributed by atoms with Crippen LogP contribution in [0.25, 0.3) is 0 Å². The van der Waals surface area contributed by atoms with Gasteiger partial charge in [0.05, 0.1) is 7.11 Å². The van der Waals surface area contributed by atoms with Gasteiger partial charge in [-0.3, -0.25) is 0 Å². The van der Waals surface area contributed by atoms with E-state index >= 15 is 0 Å². The monoisotopic (exact) mass is 304 g/mol. The fourth-order valence-electron chi connectivity index (χ4n) is 2.79. The summed E-state index contributed by atoms with van der Waals surface area (Å²) in [5, 5.41) is 2.65. The van der Waals surface area contributed by atoms with Crippen molar-refractivity contribution in [2.75, 3.05) is 51.3 Å². The quantitative estimate of drug-likeness (QED) is 0.884. The number of imide groups is 1. The predicted molar refractivity (Wildman–Crippen MR) is 82.3 cm³/mol. The summed E-state index contributed by atoms with van der Waals surface area (Å²) in [6, 6.07) is 7.41. The third-order valence-electron chi connectivity index (χ3n) is 4.06. The number of methoxy groups -OCH3 is 1. The number of amides is 4. The zero-order valence-corrected chi connectivity index (χ0v) is 12.6. The highest BCUT2D eigenvalue weighted by molar-refractivity contribution is 5.95. The van der Waals surface area contributed by atoms with Gasteiger partial charge in [-0.15, -0.1) is 0 Å². The van der Waals surface area contributed by atoms with E-state index in [4.69, 9.17) is 4.74 Å². The Balaban J connectivity index is 1.60. The second-order valence-electron chi connectivity index (χ2n) is 5.34. The fourth-order valence-corrected chi connectivity index (χ4v) is 2.79. The van der Waals surface area contributed by atoms with Gasteiger partial charge in [0.15, 0.2) is 0 Å².